The summed E-state index contributed by atoms with van der Waals surface area (Å²) in [5.74, 6) is 0. The minimum Gasteiger partial charge on any atom is -0.310 e. The van der Waals surface area contributed by atoms with Gasteiger partial charge in [0.1, 0.15) is 0 Å². The van der Waals surface area contributed by atoms with E-state index < -0.39 is 0 Å². The second-order valence-corrected chi connectivity index (χ2v) is 16.8. The topological polar surface area (TPSA) is 9.72 Å². The summed E-state index contributed by atoms with van der Waals surface area (Å²) < 4.78 is 5.05. The van der Waals surface area contributed by atoms with E-state index in [9.17, 15) is 0 Å². The molecule has 0 spiro atoms. The SMILES string of the molecule is c1ccc(N(c2ccccc2)c2cc(N(c3ccccc3)c3ccccc3)c3c(c2)sc2ccc(N(c4ccccc4)c4ccc5c(c4)sc4ccccc45)cc23)cc1. The van der Waals surface area contributed by atoms with Gasteiger partial charge in [-0.15, -0.1) is 22.7 Å². The number of rotatable bonds is 9. The van der Waals surface area contributed by atoms with Gasteiger partial charge in [-0.2, -0.15) is 0 Å². The maximum atomic E-state index is 2.42. The van der Waals surface area contributed by atoms with Crippen LogP contribution < -0.4 is 14.7 Å². The van der Waals surface area contributed by atoms with E-state index in [2.05, 4.69) is 239 Å². The van der Waals surface area contributed by atoms with E-state index in [1.807, 2.05) is 22.7 Å². The molecule has 11 aromatic rings. The van der Waals surface area contributed by atoms with Crippen LogP contribution in [-0.4, -0.2) is 0 Å². The highest BCUT2D eigenvalue weighted by atomic mass is 32.1. The summed E-state index contributed by atoms with van der Waals surface area (Å²) in [6.07, 6.45) is 0. The van der Waals surface area contributed by atoms with Crippen molar-refractivity contribution in [1.82, 2.24) is 0 Å². The highest BCUT2D eigenvalue weighted by molar-refractivity contribution is 7.26. The van der Waals surface area contributed by atoms with Crippen LogP contribution in [0.4, 0.5) is 51.2 Å². The molecule has 0 fully saturated rings. The Labute approximate surface area is 351 Å². The first-order chi connectivity index (χ1) is 29.3. The molecule has 59 heavy (non-hydrogen) atoms. The average Bonchev–Trinajstić information content (AvgIpc) is 3.86. The van der Waals surface area contributed by atoms with Crippen molar-refractivity contribution < 1.29 is 0 Å². The smallest absolute Gasteiger partial charge is 0.0575 e. The number of fused-ring (bicyclic) bond motifs is 6. The van der Waals surface area contributed by atoms with Crippen LogP contribution in [0.2, 0.25) is 0 Å². The van der Waals surface area contributed by atoms with Crippen molar-refractivity contribution in [3.05, 3.63) is 224 Å². The first kappa shape index (κ1) is 35.0. The Morgan fingerprint density at radius 3 is 1.22 bits per heavy atom. The number of para-hydroxylation sites is 5. The monoisotopic (exact) mass is 791 g/mol. The Morgan fingerprint density at radius 2 is 0.644 bits per heavy atom. The van der Waals surface area contributed by atoms with Crippen LogP contribution >= 0.6 is 22.7 Å². The summed E-state index contributed by atoms with van der Waals surface area (Å²) in [7, 11) is 0. The third-order valence-electron chi connectivity index (χ3n) is 11.0. The van der Waals surface area contributed by atoms with Gasteiger partial charge in [-0.3, -0.25) is 0 Å². The van der Waals surface area contributed by atoms with E-state index in [0.29, 0.717) is 0 Å². The van der Waals surface area contributed by atoms with Crippen molar-refractivity contribution in [3.8, 4) is 0 Å². The zero-order valence-corrected chi connectivity index (χ0v) is 33.7. The molecule has 0 N–H and O–H groups in total. The summed E-state index contributed by atoms with van der Waals surface area (Å²) in [5, 5.41) is 5.04. The molecule has 2 aromatic heterocycles. The first-order valence-corrected chi connectivity index (χ1v) is 21.5. The fourth-order valence-corrected chi connectivity index (χ4v) is 10.6. The minimum absolute atomic E-state index is 1.09. The van der Waals surface area contributed by atoms with Gasteiger partial charge in [0.05, 0.1) is 5.69 Å². The predicted molar refractivity (Wildman–Crippen MR) is 256 cm³/mol. The van der Waals surface area contributed by atoms with Crippen LogP contribution in [0.25, 0.3) is 40.3 Å². The summed E-state index contributed by atoms with van der Waals surface area (Å²) in [4.78, 5) is 7.19. The highest BCUT2D eigenvalue weighted by Crippen LogP contribution is 2.50. The predicted octanol–water partition coefficient (Wildman–Crippen LogP) is 16.8. The molecule has 3 nitrogen and oxygen atoms in total. The Balaban J connectivity index is 1.18. The average molecular weight is 792 g/mol. The maximum Gasteiger partial charge on any atom is 0.0575 e. The van der Waals surface area contributed by atoms with E-state index in [1.165, 1.54) is 40.3 Å². The molecule has 0 aliphatic rings. The summed E-state index contributed by atoms with van der Waals surface area (Å²) in [6, 6.07) is 81.0. The molecule has 5 heteroatoms. The van der Waals surface area contributed by atoms with Gasteiger partial charge in [0.2, 0.25) is 0 Å². The van der Waals surface area contributed by atoms with Gasteiger partial charge < -0.3 is 14.7 Å². The number of nitrogens with zero attached hydrogens (tertiary/aromatic N) is 3. The molecule has 0 aliphatic carbocycles. The first-order valence-electron chi connectivity index (χ1n) is 19.8. The van der Waals surface area contributed by atoms with E-state index in [0.717, 1.165) is 51.2 Å². The quantitative estimate of drug-likeness (QED) is 0.144. The molecule has 0 saturated carbocycles. The summed E-state index contributed by atoms with van der Waals surface area (Å²) in [5.41, 5.74) is 9.98. The number of benzene rings is 9. The van der Waals surface area contributed by atoms with Crippen LogP contribution in [0.1, 0.15) is 0 Å². The molecule has 0 atom stereocenters. The number of thiophene rings is 2. The van der Waals surface area contributed by atoms with Crippen LogP contribution in [-0.2, 0) is 0 Å². The van der Waals surface area contributed by atoms with E-state index >= 15 is 0 Å². The molecule has 0 radical (unpaired) electrons. The lowest BCUT2D eigenvalue weighted by atomic mass is 10.0. The van der Waals surface area contributed by atoms with Crippen LogP contribution in [0, 0.1) is 0 Å². The summed E-state index contributed by atoms with van der Waals surface area (Å²) in [6.45, 7) is 0. The lowest BCUT2D eigenvalue weighted by molar-refractivity contribution is 1.26. The van der Waals surface area contributed by atoms with Gasteiger partial charge >= 0.3 is 0 Å². The molecule has 9 aromatic carbocycles. The fourth-order valence-electron chi connectivity index (χ4n) is 8.36. The Kier molecular flexibility index (Phi) is 8.88. The van der Waals surface area contributed by atoms with Gasteiger partial charge in [0.15, 0.2) is 0 Å². The van der Waals surface area contributed by atoms with Gasteiger partial charge in [0.25, 0.3) is 0 Å². The molecule has 2 heterocycles. The van der Waals surface area contributed by atoms with Crippen LogP contribution in [0.3, 0.4) is 0 Å². The Bertz CT molecular complexity index is 3140. The van der Waals surface area contributed by atoms with Gasteiger partial charge in [-0.1, -0.05) is 115 Å². The molecule has 0 saturated heterocycles. The Morgan fingerprint density at radius 1 is 0.237 bits per heavy atom. The second-order valence-electron chi connectivity index (χ2n) is 14.6. The van der Waals surface area contributed by atoms with Crippen LogP contribution in [0.5, 0.6) is 0 Å². The van der Waals surface area contributed by atoms with Crippen molar-refractivity contribution in [3.63, 3.8) is 0 Å². The third kappa shape index (κ3) is 6.38. The van der Waals surface area contributed by atoms with E-state index in [4.69, 9.17) is 0 Å². The minimum atomic E-state index is 1.09. The van der Waals surface area contributed by atoms with Crippen LogP contribution in [0.15, 0.2) is 224 Å². The van der Waals surface area contributed by atoms with E-state index in [1.54, 1.807) is 0 Å². The molecule has 0 unspecified atom stereocenters. The van der Waals surface area contributed by atoms with Crippen molar-refractivity contribution in [2.45, 2.75) is 0 Å². The van der Waals surface area contributed by atoms with Crippen molar-refractivity contribution >= 4 is 114 Å². The standard InChI is InChI=1S/C54H37N3S2/c1-6-18-38(19-7-1)55(39-20-8-2-9-21-39)45-35-49(57(41-24-12-4-13-25-41)42-26-14-5-15-27-42)54-48-34-43(31-33-51(48)59-53(54)37-45)56(40-22-10-3-11-23-40)44-30-32-47-46-28-16-17-29-50(46)58-52(47)36-44/h1-37H. The number of anilines is 9. The lowest BCUT2D eigenvalue weighted by Gasteiger charge is -2.30. The van der Waals surface area contributed by atoms with Gasteiger partial charge in [0, 0.05) is 85.8 Å². The largest absolute Gasteiger partial charge is 0.310 e. The second kappa shape index (κ2) is 15.0. The molecule has 11 rings (SSSR count). The van der Waals surface area contributed by atoms with Crippen molar-refractivity contribution in [2.24, 2.45) is 0 Å². The molecule has 0 aliphatic heterocycles. The Hall–Kier alpha value is -7.18. The molecule has 280 valence electrons. The molecule has 0 amide bonds. The van der Waals surface area contributed by atoms with Crippen molar-refractivity contribution in [2.75, 3.05) is 14.7 Å². The normalized spacial score (nSPS) is 11.4. The van der Waals surface area contributed by atoms with Gasteiger partial charge in [-0.25, -0.2) is 0 Å². The highest BCUT2D eigenvalue weighted by Gasteiger charge is 2.24. The van der Waals surface area contributed by atoms with Crippen molar-refractivity contribution in [1.29, 1.82) is 0 Å². The summed E-state index contributed by atoms with van der Waals surface area (Å²) >= 11 is 3.71. The fraction of sp³-hybridized carbons (Fsp3) is 0. The number of hydrogen-bond donors (Lipinski definition) is 0. The van der Waals surface area contributed by atoms with Gasteiger partial charge in [-0.05, 0) is 109 Å². The molecule has 0 bridgehead atoms. The van der Waals surface area contributed by atoms with E-state index in [-0.39, 0.29) is 0 Å². The zero-order valence-electron chi connectivity index (χ0n) is 32.0. The maximum absolute atomic E-state index is 2.42. The third-order valence-corrected chi connectivity index (χ3v) is 13.2. The zero-order chi connectivity index (χ0) is 39.1. The lowest BCUT2D eigenvalue weighted by Crippen LogP contribution is -2.13. The number of hydrogen-bond acceptors (Lipinski definition) is 5. The molecular weight excluding hydrogens is 755 g/mol. The molecular formula is C54H37N3S2.